The van der Waals surface area contributed by atoms with Crippen LogP contribution < -0.4 is 0 Å². The number of ether oxygens (including phenoxy) is 2. The van der Waals surface area contributed by atoms with E-state index in [9.17, 15) is 19.5 Å². The summed E-state index contributed by atoms with van der Waals surface area (Å²) >= 11 is 6.69. The first-order valence-corrected chi connectivity index (χ1v) is 9.18. The normalized spacial score (nSPS) is 24.5. The molecule has 1 aliphatic carbocycles. The zero-order valence-electron chi connectivity index (χ0n) is 13.5. The van der Waals surface area contributed by atoms with Gasteiger partial charge in [-0.25, -0.2) is 14.4 Å². The zero-order valence-corrected chi connectivity index (χ0v) is 16.6. The highest BCUT2D eigenvalue weighted by molar-refractivity contribution is 9.12. The highest BCUT2D eigenvalue weighted by Gasteiger charge is 2.71. The van der Waals surface area contributed by atoms with Crippen LogP contribution in [0.4, 0.5) is 9.59 Å². The molecule has 1 fully saturated rings. The molecule has 0 radical (unpaired) electrons. The monoisotopic (exact) mass is 457 g/mol. The summed E-state index contributed by atoms with van der Waals surface area (Å²) in [7, 11) is 0. The summed E-state index contributed by atoms with van der Waals surface area (Å²) in [5.41, 5.74) is -2.43. The second kappa shape index (κ2) is 7.38. The van der Waals surface area contributed by atoms with Gasteiger partial charge in [0.1, 0.15) is 5.60 Å². The summed E-state index contributed by atoms with van der Waals surface area (Å²) in [6, 6.07) is 0. The van der Waals surface area contributed by atoms with Crippen molar-refractivity contribution >= 4 is 50.0 Å². The number of imide groups is 1. The van der Waals surface area contributed by atoms with Crippen LogP contribution in [0.1, 0.15) is 34.1 Å². The van der Waals surface area contributed by atoms with E-state index in [1.54, 1.807) is 27.7 Å². The van der Waals surface area contributed by atoms with Gasteiger partial charge in [0, 0.05) is 16.1 Å². The smallest absolute Gasteiger partial charge is 0.420 e. The minimum atomic E-state index is -1.55. The number of carbonyl (C=O) groups is 3. The average molecular weight is 459 g/mol. The Hall–Kier alpha value is -0.830. The van der Waals surface area contributed by atoms with Crippen molar-refractivity contribution in [1.29, 1.82) is 0 Å². The number of halogens is 2. The van der Waals surface area contributed by atoms with Crippen molar-refractivity contribution in [2.24, 2.45) is 5.92 Å². The third kappa shape index (κ3) is 4.37. The van der Waals surface area contributed by atoms with E-state index in [4.69, 9.17) is 9.47 Å². The lowest BCUT2D eigenvalue weighted by atomic mass is 10.1. The first kappa shape index (κ1) is 20.2. The summed E-state index contributed by atoms with van der Waals surface area (Å²) in [6.45, 7) is 6.59. The van der Waals surface area contributed by atoms with Gasteiger partial charge in [-0.2, -0.15) is 4.90 Å². The molecule has 0 heterocycles. The molecule has 23 heavy (non-hydrogen) atoms. The highest BCUT2D eigenvalue weighted by atomic mass is 79.9. The fraction of sp³-hybridized carbons (Fsp3) is 0.786. The highest BCUT2D eigenvalue weighted by Crippen LogP contribution is 2.54. The van der Waals surface area contributed by atoms with Crippen LogP contribution in [0.15, 0.2) is 0 Å². The Bertz CT molecular complexity index is 492. The predicted octanol–water partition coefficient (Wildman–Crippen LogP) is 3.38. The fourth-order valence-corrected chi connectivity index (χ4v) is 3.44. The van der Waals surface area contributed by atoms with Crippen molar-refractivity contribution in [3.8, 4) is 0 Å². The molecule has 3 atom stereocenters. The molecule has 0 aromatic heterocycles. The van der Waals surface area contributed by atoms with Crippen LogP contribution in [0, 0.1) is 5.92 Å². The van der Waals surface area contributed by atoms with Gasteiger partial charge in [0.2, 0.25) is 0 Å². The van der Waals surface area contributed by atoms with Crippen LogP contribution in [0.25, 0.3) is 0 Å². The Kier molecular flexibility index (Phi) is 6.48. The number of nitrogens with zero attached hydrogens (tertiary/aromatic N) is 1. The number of carboxylic acid groups (broad SMARTS) is 1. The first-order valence-electron chi connectivity index (χ1n) is 7.14. The molecule has 0 saturated heterocycles. The third-order valence-corrected chi connectivity index (χ3v) is 5.89. The quantitative estimate of drug-likeness (QED) is 0.501. The molecule has 0 aromatic rings. The van der Waals surface area contributed by atoms with Crippen molar-refractivity contribution in [3.05, 3.63) is 0 Å². The molecular weight excluding hydrogens is 438 g/mol. The van der Waals surface area contributed by atoms with E-state index in [-0.39, 0.29) is 23.8 Å². The minimum absolute atomic E-state index is 0.0936. The van der Waals surface area contributed by atoms with Gasteiger partial charge in [-0.05, 0) is 34.1 Å². The summed E-state index contributed by atoms with van der Waals surface area (Å²) in [4.78, 5) is 36.7. The number of esters is 1. The van der Waals surface area contributed by atoms with Crippen LogP contribution in [-0.2, 0) is 14.3 Å². The molecule has 0 aliphatic heterocycles. The maximum atomic E-state index is 12.4. The Balaban J connectivity index is 3.19. The van der Waals surface area contributed by atoms with Crippen LogP contribution >= 0.6 is 31.9 Å². The van der Waals surface area contributed by atoms with E-state index in [1.807, 2.05) is 0 Å². The number of rotatable bonds is 5. The second-order valence-electron chi connectivity index (χ2n) is 6.22. The molecular formula is C14H21Br2NO6. The number of alkyl halides is 2. The SMILES string of the molecule is CCOC(=O)[C@@]1(N(C(=O)O)C(=O)OC(C)(C)C)C[C@H]1C(Br)CBr. The standard InChI is InChI=1S/C14H21Br2NO6/c1-5-22-10(18)14(6-8(14)9(16)7-15)17(11(19)20)12(21)23-13(2,3)4/h8-9H,5-7H2,1-4H3,(H,19,20)/t8-,9?,14+/m0/s1. The molecule has 1 N–H and O–H groups in total. The van der Waals surface area contributed by atoms with Gasteiger partial charge in [-0.15, -0.1) is 0 Å². The maximum Gasteiger partial charge on any atom is 0.420 e. The molecule has 1 rings (SSSR count). The third-order valence-electron chi connectivity index (χ3n) is 3.36. The average Bonchev–Trinajstić information content (AvgIpc) is 3.12. The lowest BCUT2D eigenvalue weighted by Gasteiger charge is -2.30. The van der Waals surface area contributed by atoms with E-state index in [2.05, 4.69) is 31.9 Å². The van der Waals surface area contributed by atoms with Crippen molar-refractivity contribution in [2.45, 2.75) is 50.1 Å². The largest absolute Gasteiger partial charge is 0.464 e. The van der Waals surface area contributed by atoms with Crippen molar-refractivity contribution in [3.63, 3.8) is 0 Å². The summed E-state index contributed by atoms with van der Waals surface area (Å²) in [5.74, 6) is -1.12. The van der Waals surface area contributed by atoms with E-state index in [0.29, 0.717) is 10.2 Å². The number of hydrogen-bond donors (Lipinski definition) is 1. The molecule has 0 aromatic carbocycles. The van der Waals surface area contributed by atoms with Gasteiger partial charge in [0.05, 0.1) is 6.61 Å². The number of hydrogen-bond acceptors (Lipinski definition) is 5. The van der Waals surface area contributed by atoms with Crippen molar-refractivity contribution < 1.29 is 29.0 Å². The van der Waals surface area contributed by atoms with Crippen LogP contribution in [0.3, 0.4) is 0 Å². The Labute approximate surface area is 151 Å². The lowest BCUT2D eigenvalue weighted by Crippen LogP contribution is -2.54. The summed E-state index contributed by atoms with van der Waals surface area (Å²) in [6.07, 6.45) is -2.42. The molecule has 2 amide bonds. The molecule has 1 unspecified atom stereocenters. The molecule has 1 saturated carbocycles. The van der Waals surface area contributed by atoms with Gasteiger partial charge >= 0.3 is 18.2 Å². The van der Waals surface area contributed by atoms with Gasteiger partial charge in [0.25, 0.3) is 0 Å². The Morgan fingerprint density at radius 2 is 1.96 bits per heavy atom. The first-order chi connectivity index (χ1) is 10.5. The molecule has 0 bridgehead atoms. The predicted molar refractivity (Wildman–Crippen MR) is 90.1 cm³/mol. The Morgan fingerprint density at radius 1 is 1.39 bits per heavy atom. The van der Waals surface area contributed by atoms with E-state index < -0.39 is 29.3 Å². The minimum Gasteiger partial charge on any atom is -0.464 e. The van der Waals surface area contributed by atoms with Gasteiger partial charge in [-0.1, -0.05) is 31.9 Å². The lowest BCUT2D eigenvalue weighted by molar-refractivity contribution is -0.151. The molecule has 1 aliphatic rings. The maximum absolute atomic E-state index is 12.4. The second-order valence-corrected chi connectivity index (χ2v) is 8.05. The topological polar surface area (TPSA) is 93.1 Å². The van der Waals surface area contributed by atoms with Crippen LogP contribution in [0.2, 0.25) is 0 Å². The summed E-state index contributed by atoms with van der Waals surface area (Å²) < 4.78 is 10.2. The zero-order chi connectivity index (χ0) is 18.0. The van der Waals surface area contributed by atoms with Gasteiger partial charge in [0.15, 0.2) is 5.54 Å². The van der Waals surface area contributed by atoms with E-state index in [0.717, 1.165) is 0 Å². The van der Waals surface area contributed by atoms with Crippen LogP contribution in [-0.4, -0.2) is 56.1 Å². The molecule has 7 nitrogen and oxygen atoms in total. The van der Waals surface area contributed by atoms with E-state index in [1.165, 1.54) is 0 Å². The van der Waals surface area contributed by atoms with Crippen molar-refractivity contribution in [2.75, 3.05) is 11.9 Å². The van der Waals surface area contributed by atoms with Crippen LogP contribution in [0.5, 0.6) is 0 Å². The molecule has 0 spiro atoms. The fourth-order valence-electron chi connectivity index (χ4n) is 2.37. The van der Waals surface area contributed by atoms with Crippen molar-refractivity contribution in [1.82, 2.24) is 4.90 Å². The van der Waals surface area contributed by atoms with Gasteiger partial charge < -0.3 is 14.6 Å². The molecule has 132 valence electrons. The van der Waals surface area contributed by atoms with Gasteiger partial charge in [-0.3, -0.25) is 0 Å². The summed E-state index contributed by atoms with van der Waals surface area (Å²) in [5, 5.41) is 10.00. The number of carbonyl (C=O) groups excluding carboxylic acids is 2. The Morgan fingerprint density at radius 3 is 2.35 bits per heavy atom. The van der Waals surface area contributed by atoms with E-state index >= 15 is 0 Å². The number of amides is 2. The molecule has 9 heteroatoms.